The van der Waals surface area contributed by atoms with Crippen molar-refractivity contribution in [3.05, 3.63) is 91.6 Å². The molecule has 1 aliphatic heterocycles. The summed E-state index contributed by atoms with van der Waals surface area (Å²) >= 11 is 2.16. The third kappa shape index (κ3) is 5.56. The number of rotatable bonds is 8. The third-order valence-electron chi connectivity index (χ3n) is 5.60. The Hall–Kier alpha value is -2.15. The fraction of sp³-hybridized carbons (Fsp3) is 0.346. The first-order valence-corrected chi connectivity index (χ1v) is 11.9. The van der Waals surface area contributed by atoms with Crippen molar-refractivity contribution in [3.63, 3.8) is 0 Å². The number of carbonyl (C=O) groups is 1. The molecule has 1 atom stereocenters. The highest BCUT2D eigenvalue weighted by molar-refractivity contribution is 14.1. The maximum absolute atomic E-state index is 13.8. The molecule has 0 saturated heterocycles. The summed E-state index contributed by atoms with van der Waals surface area (Å²) in [6.45, 7) is 6.31. The van der Waals surface area contributed by atoms with Crippen molar-refractivity contribution in [1.82, 2.24) is 5.32 Å². The van der Waals surface area contributed by atoms with E-state index in [1.54, 1.807) is 6.07 Å². The van der Waals surface area contributed by atoms with Crippen LogP contribution in [0.25, 0.3) is 0 Å². The lowest BCUT2D eigenvalue weighted by Gasteiger charge is -2.33. The SMILES string of the molecule is CCCC1=C(C(=O)OCC)C(c2ccc(F)cc2I)C(C)=C(CCc2ccccc2)N1. The van der Waals surface area contributed by atoms with Gasteiger partial charge in [0, 0.05) is 20.9 Å². The van der Waals surface area contributed by atoms with Gasteiger partial charge in [0.1, 0.15) is 5.82 Å². The number of halogens is 2. The highest BCUT2D eigenvalue weighted by atomic mass is 127. The Morgan fingerprint density at radius 2 is 1.81 bits per heavy atom. The normalized spacial score (nSPS) is 16.4. The molecule has 0 radical (unpaired) electrons. The second-order valence-corrected chi connectivity index (χ2v) is 8.90. The van der Waals surface area contributed by atoms with Gasteiger partial charge in [-0.25, -0.2) is 9.18 Å². The van der Waals surface area contributed by atoms with E-state index in [-0.39, 0.29) is 17.7 Å². The van der Waals surface area contributed by atoms with Crippen molar-refractivity contribution in [2.75, 3.05) is 6.61 Å². The number of ether oxygens (including phenoxy) is 1. The summed E-state index contributed by atoms with van der Waals surface area (Å²) in [5.41, 5.74) is 5.99. The van der Waals surface area contributed by atoms with Gasteiger partial charge in [-0.2, -0.15) is 0 Å². The Morgan fingerprint density at radius 3 is 2.45 bits per heavy atom. The molecule has 164 valence electrons. The Morgan fingerprint density at radius 1 is 1.06 bits per heavy atom. The molecule has 3 nitrogen and oxygen atoms in total. The van der Waals surface area contributed by atoms with Gasteiger partial charge in [0.15, 0.2) is 0 Å². The van der Waals surface area contributed by atoms with Crippen molar-refractivity contribution in [2.45, 2.75) is 52.4 Å². The molecule has 0 amide bonds. The molecule has 1 N–H and O–H groups in total. The molecule has 0 bridgehead atoms. The first kappa shape index (κ1) is 23.5. The monoisotopic (exact) mass is 533 g/mol. The van der Waals surface area contributed by atoms with E-state index in [4.69, 9.17) is 4.74 Å². The maximum atomic E-state index is 13.8. The fourth-order valence-corrected chi connectivity index (χ4v) is 4.90. The third-order valence-corrected chi connectivity index (χ3v) is 6.53. The van der Waals surface area contributed by atoms with Crippen molar-refractivity contribution in [2.24, 2.45) is 0 Å². The zero-order chi connectivity index (χ0) is 22.4. The van der Waals surface area contributed by atoms with Crippen LogP contribution in [-0.2, 0) is 16.0 Å². The molecule has 1 heterocycles. The predicted octanol–water partition coefficient (Wildman–Crippen LogP) is 6.64. The van der Waals surface area contributed by atoms with Crippen molar-refractivity contribution >= 4 is 28.6 Å². The number of aryl methyl sites for hydroxylation is 1. The number of esters is 1. The summed E-state index contributed by atoms with van der Waals surface area (Å²) in [5.74, 6) is -0.825. The minimum absolute atomic E-state index is 0.250. The predicted molar refractivity (Wildman–Crippen MR) is 131 cm³/mol. The highest BCUT2D eigenvalue weighted by Gasteiger charge is 2.34. The Bertz CT molecular complexity index is 998. The van der Waals surface area contributed by atoms with E-state index in [0.29, 0.717) is 12.2 Å². The lowest BCUT2D eigenvalue weighted by Crippen LogP contribution is -2.31. The van der Waals surface area contributed by atoms with Crippen LogP contribution in [0.15, 0.2) is 71.1 Å². The number of carbonyl (C=O) groups excluding carboxylic acids is 1. The number of hydrogen-bond acceptors (Lipinski definition) is 3. The standard InChI is InChI=1S/C26H29FINO2/c1-4-9-23-25(26(30)31-5-2)24(20-14-13-19(27)16-21(20)28)17(3)22(29-23)15-12-18-10-7-6-8-11-18/h6-8,10-11,13-14,16,24,29H,4-5,9,12,15H2,1-3H3. The minimum atomic E-state index is -0.301. The summed E-state index contributed by atoms with van der Waals surface area (Å²) in [6, 6.07) is 15.2. The molecule has 2 aromatic rings. The van der Waals surface area contributed by atoms with Crippen molar-refractivity contribution < 1.29 is 13.9 Å². The van der Waals surface area contributed by atoms with Crippen molar-refractivity contribution in [1.29, 1.82) is 0 Å². The number of nitrogens with one attached hydrogen (secondary N) is 1. The Balaban J connectivity index is 2.07. The van der Waals surface area contributed by atoms with Crippen LogP contribution in [0.4, 0.5) is 4.39 Å². The van der Waals surface area contributed by atoms with Gasteiger partial charge in [0.25, 0.3) is 0 Å². The van der Waals surface area contributed by atoms with Crippen LogP contribution in [0, 0.1) is 9.39 Å². The first-order valence-electron chi connectivity index (χ1n) is 10.8. The van der Waals surface area contributed by atoms with E-state index in [1.165, 1.54) is 17.7 Å². The Labute approximate surface area is 197 Å². The highest BCUT2D eigenvalue weighted by Crippen LogP contribution is 2.42. The van der Waals surface area contributed by atoms with E-state index in [0.717, 1.165) is 51.8 Å². The smallest absolute Gasteiger partial charge is 0.336 e. The molecule has 0 aliphatic carbocycles. The molecule has 3 rings (SSSR count). The van der Waals surface area contributed by atoms with E-state index >= 15 is 0 Å². The van der Waals surface area contributed by atoms with E-state index in [2.05, 4.69) is 66.0 Å². The second-order valence-electron chi connectivity index (χ2n) is 7.73. The van der Waals surface area contributed by atoms with E-state index < -0.39 is 0 Å². The van der Waals surface area contributed by atoms with Gasteiger partial charge in [-0.05, 0) is 84.5 Å². The number of benzene rings is 2. The number of dihydropyridines is 1. The van der Waals surface area contributed by atoms with Gasteiger partial charge >= 0.3 is 5.97 Å². The van der Waals surface area contributed by atoms with Crippen LogP contribution < -0.4 is 5.32 Å². The van der Waals surface area contributed by atoms with Gasteiger partial charge in [-0.3, -0.25) is 0 Å². The van der Waals surface area contributed by atoms with Crippen LogP contribution in [-0.4, -0.2) is 12.6 Å². The fourth-order valence-electron chi connectivity index (χ4n) is 4.11. The molecular formula is C26H29FINO2. The molecule has 1 aliphatic rings. The molecule has 0 aromatic heterocycles. The van der Waals surface area contributed by atoms with Crippen LogP contribution in [0.5, 0.6) is 0 Å². The van der Waals surface area contributed by atoms with Crippen LogP contribution in [0.2, 0.25) is 0 Å². The second kappa shape index (κ2) is 10.9. The minimum Gasteiger partial charge on any atom is -0.463 e. The summed E-state index contributed by atoms with van der Waals surface area (Å²) in [4.78, 5) is 13.1. The molecule has 31 heavy (non-hydrogen) atoms. The maximum Gasteiger partial charge on any atom is 0.336 e. The molecule has 0 saturated carbocycles. The van der Waals surface area contributed by atoms with Crippen molar-refractivity contribution in [3.8, 4) is 0 Å². The first-order chi connectivity index (χ1) is 15.0. The lowest BCUT2D eigenvalue weighted by molar-refractivity contribution is -0.138. The van der Waals surface area contributed by atoms with E-state index in [1.807, 2.05) is 13.0 Å². The summed E-state index contributed by atoms with van der Waals surface area (Å²) in [6.07, 6.45) is 3.41. The van der Waals surface area contributed by atoms with Gasteiger partial charge in [-0.1, -0.05) is 49.7 Å². The average molecular weight is 533 g/mol. The van der Waals surface area contributed by atoms with Gasteiger partial charge in [0.2, 0.25) is 0 Å². The number of allylic oxidation sites excluding steroid dienone is 3. The summed E-state index contributed by atoms with van der Waals surface area (Å²) < 4.78 is 20.1. The zero-order valence-corrected chi connectivity index (χ0v) is 20.5. The molecule has 2 aromatic carbocycles. The zero-order valence-electron chi connectivity index (χ0n) is 18.3. The largest absolute Gasteiger partial charge is 0.463 e. The molecule has 5 heteroatoms. The van der Waals surface area contributed by atoms with Gasteiger partial charge < -0.3 is 10.1 Å². The molecule has 0 spiro atoms. The quantitative estimate of drug-likeness (QED) is 0.306. The summed E-state index contributed by atoms with van der Waals surface area (Å²) in [5, 5.41) is 3.58. The summed E-state index contributed by atoms with van der Waals surface area (Å²) in [7, 11) is 0. The van der Waals surface area contributed by atoms with Crippen LogP contribution in [0.3, 0.4) is 0 Å². The molecule has 1 unspecified atom stereocenters. The topological polar surface area (TPSA) is 38.3 Å². The average Bonchev–Trinajstić information content (AvgIpc) is 2.75. The van der Waals surface area contributed by atoms with E-state index in [9.17, 15) is 9.18 Å². The lowest BCUT2D eigenvalue weighted by atomic mass is 9.79. The Kier molecular flexibility index (Phi) is 8.29. The van der Waals surface area contributed by atoms with Crippen LogP contribution in [0.1, 0.15) is 57.1 Å². The van der Waals surface area contributed by atoms with Gasteiger partial charge in [-0.15, -0.1) is 0 Å². The molecular weight excluding hydrogens is 504 g/mol. The van der Waals surface area contributed by atoms with Gasteiger partial charge in [0.05, 0.1) is 12.2 Å². The van der Waals surface area contributed by atoms with Crippen LogP contribution >= 0.6 is 22.6 Å². The molecule has 0 fully saturated rings. The number of hydrogen-bond donors (Lipinski definition) is 1.